The fourth-order valence-electron chi connectivity index (χ4n) is 2.11. The molecule has 0 aliphatic carbocycles. The smallest absolute Gasteiger partial charge is 0.335 e. The van der Waals surface area contributed by atoms with Gasteiger partial charge in [-0.3, -0.25) is 0 Å². The van der Waals surface area contributed by atoms with E-state index in [4.69, 9.17) is 14.9 Å². The monoisotopic (exact) mass is 286 g/mol. The normalized spacial score (nSPS) is 10.1. The summed E-state index contributed by atoms with van der Waals surface area (Å²) < 4.78 is 5.24. The minimum absolute atomic E-state index is 0.0419. The minimum Gasteiger partial charge on any atom is -0.496 e. The first kappa shape index (κ1) is 14.6. The topological polar surface area (TPSA) is 83.8 Å². The van der Waals surface area contributed by atoms with Gasteiger partial charge in [0.05, 0.1) is 18.2 Å². The molecule has 0 heterocycles. The predicted molar refractivity (Wildman–Crippen MR) is 76.2 cm³/mol. The van der Waals surface area contributed by atoms with E-state index in [1.54, 1.807) is 13.2 Å². The number of methoxy groups -OCH3 is 1. The molecule has 0 amide bonds. The van der Waals surface area contributed by atoms with E-state index >= 15 is 0 Å². The average Bonchev–Trinajstić information content (AvgIpc) is 2.47. The van der Waals surface area contributed by atoms with E-state index < -0.39 is 11.9 Å². The van der Waals surface area contributed by atoms with Crippen LogP contribution in [-0.4, -0.2) is 29.3 Å². The molecule has 2 rings (SSSR count). The number of carbonyl (C=O) groups is 2. The van der Waals surface area contributed by atoms with Crippen molar-refractivity contribution in [3.05, 3.63) is 64.7 Å². The fourth-order valence-corrected chi connectivity index (χ4v) is 2.11. The number of ether oxygens (including phenoxy) is 1. The van der Waals surface area contributed by atoms with E-state index in [0.29, 0.717) is 17.7 Å². The summed E-state index contributed by atoms with van der Waals surface area (Å²) in [6.45, 7) is 0. The van der Waals surface area contributed by atoms with Crippen LogP contribution in [0.1, 0.15) is 31.8 Å². The lowest BCUT2D eigenvalue weighted by atomic mass is 9.99. The van der Waals surface area contributed by atoms with E-state index in [1.807, 2.05) is 18.2 Å². The Bertz CT molecular complexity index is 659. The number of para-hydroxylation sites is 1. The van der Waals surface area contributed by atoms with E-state index in [9.17, 15) is 9.59 Å². The molecule has 2 N–H and O–H groups in total. The zero-order chi connectivity index (χ0) is 15.4. The van der Waals surface area contributed by atoms with Gasteiger partial charge < -0.3 is 14.9 Å². The molecule has 108 valence electrons. The molecule has 0 saturated heterocycles. The maximum atomic E-state index is 11.1. The third kappa shape index (κ3) is 3.39. The van der Waals surface area contributed by atoms with E-state index in [2.05, 4.69) is 0 Å². The number of rotatable bonds is 5. The van der Waals surface area contributed by atoms with Crippen LogP contribution in [0.2, 0.25) is 0 Å². The van der Waals surface area contributed by atoms with Crippen molar-refractivity contribution in [1.82, 2.24) is 0 Å². The third-order valence-electron chi connectivity index (χ3n) is 3.07. The summed E-state index contributed by atoms with van der Waals surface area (Å²) in [5, 5.41) is 18.1. The summed E-state index contributed by atoms with van der Waals surface area (Å²) in [7, 11) is 1.55. The van der Waals surface area contributed by atoms with Crippen LogP contribution < -0.4 is 4.74 Å². The highest BCUT2D eigenvalue weighted by molar-refractivity contribution is 5.94. The standard InChI is InChI=1S/C16H14O5/c1-21-14-5-3-2-4-11(14)6-10-7-12(15(17)18)9-13(8-10)16(19)20/h2-5,7-9H,6H2,1H3,(H,17,18)(H,19,20). The highest BCUT2D eigenvalue weighted by atomic mass is 16.5. The second-order valence-corrected chi connectivity index (χ2v) is 4.52. The molecular weight excluding hydrogens is 272 g/mol. The van der Waals surface area contributed by atoms with Crippen LogP contribution in [0.25, 0.3) is 0 Å². The number of hydrogen-bond donors (Lipinski definition) is 2. The molecule has 0 saturated carbocycles. The van der Waals surface area contributed by atoms with Gasteiger partial charge in [-0.1, -0.05) is 18.2 Å². The molecular formula is C16H14O5. The first-order valence-corrected chi connectivity index (χ1v) is 6.23. The summed E-state index contributed by atoms with van der Waals surface area (Å²) >= 11 is 0. The molecule has 2 aromatic rings. The van der Waals surface area contributed by atoms with Crippen molar-refractivity contribution in [2.45, 2.75) is 6.42 Å². The molecule has 0 spiro atoms. The van der Waals surface area contributed by atoms with Crippen LogP contribution in [0.15, 0.2) is 42.5 Å². The number of benzene rings is 2. The lowest BCUT2D eigenvalue weighted by Gasteiger charge is -2.09. The van der Waals surface area contributed by atoms with Gasteiger partial charge in [-0.15, -0.1) is 0 Å². The van der Waals surface area contributed by atoms with Crippen molar-refractivity contribution in [2.75, 3.05) is 7.11 Å². The zero-order valence-corrected chi connectivity index (χ0v) is 11.4. The van der Waals surface area contributed by atoms with Crippen LogP contribution in [0.4, 0.5) is 0 Å². The maximum Gasteiger partial charge on any atom is 0.335 e. The van der Waals surface area contributed by atoms with Gasteiger partial charge in [0, 0.05) is 6.42 Å². The molecule has 0 unspecified atom stereocenters. The van der Waals surface area contributed by atoms with Crippen LogP contribution in [-0.2, 0) is 6.42 Å². The first-order valence-electron chi connectivity index (χ1n) is 6.23. The zero-order valence-electron chi connectivity index (χ0n) is 11.4. The van der Waals surface area contributed by atoms with Gasteiger partial charge in [-0.25, -0.2) is 9.59 Å². The van der Waals surface area contributed by atoms with E-state index in [-0.39, 0.29) is 11.1 Å². The highest BCUT2D eigenvalue weighted by Crippen LogP contribution is 2.22. The number of carboxylic acids is 2. The van der Waals surface area contributed by atoms with Gasteiger partial charge in [-0.05, 0) is 35.4 Å². The Morgan fingerprint density at radius 3 is 2.10 bits per heavy atom. The molecule has 0 radical (unpaired) electrons. The molecule has 21 heavy (non-hydrogen) atoms. The van der Waals surface area contributed by atoms with Gasteiger partial charge in [0.2, 0.25) is 0 Å². The Labute approximate surface area is 121 Å². The highest BCUT2D eigenvalue weighted by Gasteiger charge is 2.12. The van der Waals surface area contributed by atoms with E-state index in [1.165, 1.54) is 12.1 Å². The predicted octanol–water partition coefficient (Wildman–Crippen LogP) is 2.68. The molecule has 0 fully saturated rings. The van der Waals surface area contributed by atoms with Crippen molar-refractivity contribution in [2.24, 2.45) is 0 Å². The molecule has 5 nitrogen and oxygen atoms in total. The minimum atomic E-state index is -1.15. The average molecular weight is 286 g/mol. The third-order valence-corrected chi connectivity index (χ3v) is 3.07. The summed E-state index contributed by atoms with van der Waals surface area (Å²) in [5.74, 6) is -1.63. The second kappa shape index (κ2) is 6.09. The molecule has 0 aliphatic heterocycles. The van der Waals surface area contributed by atoms with Gasteiger partial charge in [0.15, 0.2) is 0 Å². The van der Waals surface area contributed by atoms with Crippen LogP contribution in [0, 0.1) is 0 Å². The lowest BCUT2D eigenvalue weighted by molar-refractivity contribution is 0.0696. The SMILES string of the molecule is COc1ccccc1Cc1cc(C(=O)O)cc(C(=O)O)c1. The van der Waals surface area contributed by atoms with Crippen molar-refractivity contribution in [3.63, 3.8) is 0 Å². The molecule has 0 atom stereocenters. The Morgan fingerprint density at radius 2 is 1.57 bits per heavy atom. The second-order valence-electron chi connectivity index (χ2n) is 4.52. The molecule has 0 aromatic heterocycles. The van der Waals surface area contributed by atoms with E-state index in [0.717, 1.165) is 11.6 Å². The maximum absolute atomic E-state index is 11.1. The largest absolute Gasteiger partial charge is 0.496 e. The quantitative estimate of drug-likeness (QED) is 0.882. The van der Waals surface area contributed by atoms with Crippen LogP contribution in [0.3, 0.4) is 0 Å². The molecule has 0 bridgehead atoms. The molecule has 5 heteroatoms. The Balaban J connectivity index is 2.43. The number of aromatic carboxylic acids is 2. The van der Waals surface area contributed by atoms with Crippen molar-refractivity contribution in [3.8, 4) is 5.75 Å². The van der Waals surface area contributed by atoms with Gasteiger partial charge in [0.1, 0.15) is 5.75 Å². The summed E-state index contributed by atoms with van der Waals surface area (Å²) in [6, 6.07) is 11.4. The van der Waals surface area contributed by atoms with Crippen LogP contribution in [0.5, 0.6) is 5.75 Å². The Hall–Kier alpha value is -2.82. The van der Waals surface area contributed by atoms with Crippen LogP contribution >= 0.6 is 0 Å². The Kier molecular flexibility index (Phi) is 4.23. The summed E-state index contributed by atoms with van der Waals surface area (Å²) in [5.41, 5.74) is 1.38. The molecule has 2 aromatic carbocycles. The molecule has 0 aliphatic rings. The van der Waals surface area contributed by atoms with Crippen molar-refractivity contribution < 1.29 is 24.5 Å². The number of hydrogen-bond acceptors (Lipinski definition) is 3. The first-order chi connectivity index (χ1) is 10.0. The van der Waals surface area contributed by atoms with Gasteiger partial charge >= 0.3 is 11.9 Å². The number of carboxylic acid groups (broad SMARTS) is 2. The van der Waals surface area contributed by atoms with Crippen molar-refractivity contribution >= 4 is 11.9 Å². The van der Waals surface area contributed by atoms with Gasteiger partial charge in [-0.2, -0.15) is 0 Å². The Morgan fingerprint density at radius 1 is 1.00 bits per heavy atom. The summed E-state index contributed by atoms with van der Waals surface area (Å²) in [4.78, 5) is 22.2. The lowest BCUT2D eigenvalue weighted by Crippen LogP contribution is -2.05. The van der Waals surface area contributed by atoms with Gasteiger partial charge in [0.25, 0.3) is 0 Å². The summed E-state index contributed by atoms with van der Waals surface area (Å²) in [6.07, 6.45) is 0.394. The fraction of sp³-hybridized carbons (Fsp3) is 0.125. The van der Waals surface area contributed by atoms with Crippen molar-refractivity contribution in [1.29, 1.82) is 0 Å².